The van der Waals surface area contributed by atoms with Crippen LogP contribution < -0.4 is 42.1 Å². The Morgan fingerprint density at radius 2 is 1.52 bits per heavy atom. The third-order valence-corrected chi connectivity index (χ3v) is 10.4. The van der Waals surface area contributed by atoms with E-state index in [1.54, 1.807) is 0 Å². The number of carbonyl (C=O) groups excluding carboxylic acids is 4. The maximum absolute atomic E-state index is 14.6. The van der Waals surface area contributed by atoms with E-state index >= 15 is 0 Å². The predicted octanol–water partition coefficient (Wildman–Crippen LogP) is 0.813. The number of nitrogens with zero attached hydrogens (tertiary/aromatic N) is 2. The fourth-order valence-corrected chi connectivity index (χ4v) is 7.57. The zero-order chi connectivity index (χ0) is 43.5. The van der Waals surface area contributed by atoms with E-state index in [0.717, 1.165) is 23.7 Å². The monoisotopic (exact) mass is 823 g/mol. The van der Waals surface area contributed by atoms with Crippen LogP contribution in [0.25, 0.3) is 53.9 Å². The minimum absolute atomic E-state index is 0.0694. The average Bonchev–Trinajstić information content (AvgIpc) is 3.22. The third kappa shape index (κ3) is 6.31. The van der Waals surface area contributed by atoms with Crippen LogP contribution in [0.4, 0.5) is 0 Å². The van der Waals surface area contributed by atoms with Crippen LogP contribution in [0.5, 0.6) is 17.2 Å². The highest BCUT2D eigenvalue weighted by atomic mass is 17.2. The number of fused-ring (bicyclic) bond motifs is 6. The number of ether oxygens (including phenoxy) is 4. The van der Waals surface area contributed by atoms with Crippen molar-refractivity contribution >= 4 is 77.6 Å². The third-order valence-electron chi connectivity index (χ3n) is 10.4. The van der Waals surface area contributed by atoms with Crippen molar-refractivity contribution in [1.82, 2.24) is 14.8 Å². The average molecular weight is 824 g/mol. The number of hydrogen-bond acceptors (Lipinski definition) is 16. The largest absolute Gasteiger partial charge is 0.506 e. The molecule has 19 heteroatoms. The summed E-state index contributed by atoms with van der Waals surface area (Å²) in [4.78, 5) is 132. The van der Waals surface area contributed by atoms with E-state index in [1.165, 1.54) is 57.4 Å². The Labute approximate surface area is 335 Å². The number of pyridine rings is 1. The summed E-state index contributed by atoms with van der Waals surface area (Å²) in [6.07, 6.45) is 0. The minimum Gasteiger partial charge on any atom is -0.506 e. The first-order chi connectivity index (χ1) is 28.6. The van der Waals surface area contributed by atoms with Gasteiger partial charge in [0.2, 0.25) is 22.7 Å². The number of carbonyl (C=O) groups is 4. The van der Waals surface area contributed by atoms with Crippen molar-refractivity contribution in [2.45, 2.75) is 32.5 Å². The van der Waals surface area contributed by atoms with E-state index in [2.05, 4.69) is 26.4 Å². The Bertz CT molecular complexity index is 3200. The molecule has 1 aromatic heterocycles. The van der Waals surface area contributed by atoms with Gasteiger partial charge in [-0.25, -0.2) is 9.59 Å². The highest BCUT2D eigenvalue weighted by molar-refractivity contribution is 6.23. The fourth-order valence-electron chi connectivity index (χ4n) is 7.57. The molecular formula is C41H33N3O16. The second kappa shape index (κ2) is 15.3. The number of benzene rings is 5. The molecule has 5 aromatic carbocycles. The first kappa shape index (κ1) is 40.5. The number of aryl methyl sites for hydroxylation is 1. The summed E-state index contributed by atoms with van der Waals surface area (Å²) in [5, 5.41) is 10.9. The molecule has 1 aliphatic heterocycles. The number of aromatic hydroxyl groups is 1. The molecule has 6 aromatic rings. The molecule has 19 nitrogen and oxygen atoms in total. The minimum atomic E-state index is -1.37. The molecule has 0 saturated carbocycles. The highest BCUT2D eigenvalue weighted by Gasteiger charge is 2.39. The molecule has 2 amide bonds. The Hall–Kier alpha value is -7.67. The number of esters is 2. The summed E-state index contributed by atoms with van der Waals surface area (Å²) in [5.41, 5.74) is -4.52. The molecule has 2 heterocycles. The first-order valence-electron chi connectivity index (χ1n) is 17.9. The van der Waals surface area contributed by atoms with Crippen molar-refractivity contribution in [3.05, 3.63) is 106 Å². The summed E-state index contributed by atoms with van der Waals surface area (Å²) in [5.74, 6) is -5.09. The molecule has 0 aliphatic carbocycles. The second-order valence-corrected chi connectivity index (χ2v) is 13.7. The highest BCUT2D eigenvalue weighted by Crippen LogP contribution is 2.43. The summed E-state index contributed by atoms with van der Waals surface area (Å²) in [6, 6.07) is 5.40. The molecule has 1 saturated heterocycles. The smallest absolute Gasteiger partial charge is 0.343 e. The molecule has 0 bridgehead atoms. The number of phenols is 1. The van der Waals surface area contributed by atoms with Crippen molar-refractivity contribution in [2.24, 2.45) is 0 Å². The van der Waals surface area contributed by atoms with Gasteiger partial charge in [-0.05, 0) is 44.7 Å². The van der Waals surface area contributed by atoms with Gasteiger partial charge in [-0.2, -0.15) is 4.89 Å². The van der Waals surface area contributed by atoms with Gasteiger partial charge in [0.15, 0.2) is 17.5 Å². The Balaban J connectivity index is 1.42. The summed E-state index contributed by atoms with van der Waals surface area (Å²) >= 11 is 0. The van der Waals surface area contributed by atoms with E-state index < -0.39 is 104 Å². The lowest BCUT2D eigenvalue weighted by Gasteiger charge is -2.36. The van der Waals surface area contributed by atoms with Crippen LogP contribution in [0.1, 0.15) is 12.6 Å². The predicted molar refractivity (Wildman–Crippen MR) is 213 cm³/mol. The van der Waals surface area contributed by atoms with Gasteiger partial charge >= 0.3 is 17.9 Å². The molecule has 7 rings (SSSR count). The maximum atomic E-state index is 14.6. The van der Waals surface area contributed by atoms with E-state index in [4.69, 9.17) is 14.2 Å². The van der Waals surface area contributed by atoms with E-state index in [1.807, 2.05) is 0 Å². The molecule has 0 radical (unpaired) electrons. The van der Waals surface area contributed by atoms with Crippen LogP contribution >= 0.6 is 0 Å². The number of phenolic OH excluding ortho intramolecular Hbond substituents is 1. The molecule has 0 spiro atoms. The van der Waals surface area contributed by atoms with Gasteiger partial charge in [-0.3, -0.25) is 38.4 Å². The van der Waals surface area contributed by atoms with E-state index in [0.29, 0.717) is 0 Å². The summed E-state index contributed by atoms with van der Waals surface area (Å²) in [6.45, 7) is 4.44. The molecule has 2 unspecified atom stereocenters. The van der Waals surface area contributed by atoms with Crippen LogP contribution in [-0.2, 0) is 45.0 Å². The molecule has 2 atom stereocenters. The molecular weight excluding hydrogens is 790 g/mol. The lowest BCUT2D eigenvalue weighted by Crippen LogP contribution is -2.63. The van der Waals surface area contributed by atoms with Crippen LogP contribution in [0, 0.1) is 6.92 Å². The molecule has 2 N–H and O–H groups in total. The van der Waals surface area contributed by atoms with Crippen LogP contribution in [0.15, 0.2) is 72.9 Å². The number of piperazine rings is 1. The second-order valence-electron chi connectivity index (χ2n) is 13.7. The number of nitrogens with one attached hydrogen (secondary N) is 1. The quantitative estimate of drug-likeness (QED) is 0.0485. The standard InChI is InChI=1S/C41H33N3O16/c1-16-12-22-30(40(53)43(16)14-25(45)44-13-23(42-39(52)17(44)2)41(54)59-18(3)60-57-6)36(50)28-20(33(22)47)10-11-21-29(28)37(51)31-32(38(21)56-5)35(49)27-19(34(31)48)8-7-9-24(27)58-15-26(46)55-4/h7-12,17,23,51H,3,13-15H2,1-2,4-6H3,(H,42,52). The maximum Gasteiger partial charge on any atom is 0.343 e. The van der Waals surface area contributed by atoms with Gasteiger partial charge in [0.1, 0.15) is 35.9 Å². The Kier molecular flexibility index (Phi) is 10.3. The number of rotatable bonds is 10. The topological polar surface area (TPSA) is 249 Å². The van der Waals surface area contributed by atoms with Gasteiger partial charge in [0.05, 0.1) is 49.4 Å². The number of amides is 2. The summed E-state index contributed by atoms with van der Waals surface area (Å²) in [7, 11) is 3.46. The van der Waals surface area contributed by atoms with Crippen LogP contribution in [0.2, 0.25) is 0 Å². The zero-order valence-corrected chi connectivity index (χ0v) is 32.4. The number of methoxy groups -OCH3 is 2. The van der Waals surface area contributed by atoms with Crippen molar-refractivity contribution in [2.75, 3.05) is 34.5 Å². The number of aromatic nitrogens is 1. The van der Waals surface area contributed by atoms with Gasteiger partial charge in [-0.15, -0.1) is 0 Å². The van der Waals surface area contributed by atoms with Gasteiger partial charge in [0, 0.05) is 38.0 Å². The van der Waals surface area contributed by atoms with E-state index in [-0.39, 0.29) is 61.4 Å². The van der Waals surface area contributed by atoms with E-state index in [9.17, 15) is 48.3 Å². The molecule has 308 valence electrons. The normalized spacial score (nSPS) is 15.3. The van der Waals surface area contributed by atoms with Crippen molar-refractivity contribution in [3.8, 4) is 17.2 Å². The molecule has 1 fully saturated rings. The van der Waals surface area contributed by atoms with Crippen LogP contribution in [0.3, 0.4) is 0 Å². The summed E-state index contributed by atoms with van der Waals surface area (Å²) < 4.78 is 21.6. The Morgan fingerprint density at radius 1 is 0.833 bits per heavy atom. The lowest BCUT2D eigenvalue weighted by atomic mass is 9.92. The van der Waals surface area contributed by atoms with Crippen LogP contribution in [-0.4, -0.2) is 84.9 Å². The van der Waals surface area contributed by atoms with Gasteiger partial charge in [-0.1, -0.05) is 12.1 Å². The molecule has 1 aliphatic rings. The molecule has 60 heavy (non-hydrogen) atoms. The van der Waals surface area contributed by atoms with Gasteiger partial charge < -0.3 is 38.8 Å². The van der Waals surface area contributed by atoms with Gasteiger partial charge in [0.25, 0.3) is 5.56 Å². The fraction of sp³-hybridized carbons (Fsp3) is 0.244. The van der Waals surface area contributed by atoms with Crippen molar-refractivity contribution < 1.29 is 53.0 Å². The number of hydrogen-bond donors (Lipinski definition) is 2. The van der Waals surface area contributed by atoms with Crippen molar-refractivity contribution in [1.29, 1.82) is 0 Å². The first-order valence-corrected chi connectivity index (χ1v) is 17.9. The lowest BCUT2D eigenvalue weighted by molar-refractivity contribution is -0.268. The zero-order valence-electron chi connectivity index (χ0n) is 32.4. The Morgan fingerprint density at radius 3 is 2.20 bits per heavy atom. The SMILES string of the molecule is C=C(OOC)OC(=O)C1CN(C(=O)Cn2c(C)cc3c(=O)c4ccc5c(OC)c6c(=O)c7c(OCC(=O)OC)cccc7c(=O)c6c(O)c5c4c(=O)c3c2=O)C(C)C(=O)N1. The van der Waals surface area contributed by atoms with Crippen molar-refractivity contribution in [3.63, 3.8) is 0 Å².